The summed E-state index contributed by atoms with van der Waals surface area (Å²) in [6, 6.07) is 4.30. The van der Waals surface area contributed by atoms with Gasteiger partial charge in [0.2, 0.25) is 11.8 Å². The molecule has 0 saturated carbocycles. The minimum absolute atomic E-state index is 0.0728. The number of amides is 2. The number of carbonyl (C=O) groups excluding carboxylic acids is 2. The molecule has 0 radical (unpaired) electrons. The standard InChI is InChI=1S/C16H24N2O6S/c1-12(19)17-8-4-9-18-16(20)7-10-25(21,22)13-5-6-14(23-2)15(11-13)24-3/h5-6,11H,4,7-10H2,1-3H3,(H,17,19)(H,18,20). The lowest BCUT2D eigenvalue weighted by molar-refractivity contribution is -0.120. The second kappa shape index (κ2) is 9.87. The van der Waals surface area contributed by atoms with Crippen LogP contribution in [0.4, 0.5) is 0 Å². The largest absolute Gasteiger partial charge is 0.493 e. The van der Waals surface area contributed by atoms with Crippen LogP contribution in [0.15, 0.2) is 23.1 Å². The summed E-state index contributed by atoms with van der Waals surface area (Å²) in [5.41, 5.74) is 0. The van der Waals surface area contributed by atoms with Gasteiger partial charge in [-0.15, -0.1) is 0 Å². The van der Waals surface area contributed by atoms with Crippen molar-refractivity contribution in [1.29, 1.82) is 0 Å². The predicted octanol–water partition coefficient (Wildman–Crippen LogP) is 0.510. The first-order valence-corrected chi connectivity index (χ1v) is 9.41. The number of rotatable bonds is 10. The Hall–Kier alpha value is -2.29. The molecule has 0 aliphatic rings. The van der Waals surface area contributed by atoms with Crippen LogP contribution in [0.3, 0.4) is 0 Å². The maximum atomic E-state index is 12.3. The number of carbonyl (C=O) groups is 2. The lowest BCUT2D eigenvalue weighted by atomic mass is 10.3. The van der Waals surface area contributed by atoms with Crippen LogP contribution in [0.1, 0.15) is 19.8 Å². The fourth-order valence-electron chi connectivity index (χ4n) is 2.02. The minimum atomic E-state index is -3.61. The smallest absolute Gasteiger partial charge is 0.221 e. The Balaban J connectivity index is 2.52. The van der Waals surface area contributed by atoms with E-state index in [0.29, 0.717) is 31.0 Å². The summed E-state index contributed by atoms with van der Waals surface area (Å²) >= 11 is 0. The maximum absolute atomic E-state index is 12.3. The van der Waals surface area contributed by atoms with E-state index < -0.39 is 9.84 Å². The second-order valence-corrected chi connectivity index (χ2v) is 7.38. The zero-order valence-electron chi connectivity index (χ0n) is 14.6. The summed E-state index contributed by atoms with van der Waals surface area (Å²) < 4.78 is 34.8. The molecule has 0 unspecified atom stereocenters. The van der Waals surface area contributed by atoms with E-state index in [1.807, 2.05) is 0 Å². The van der Waals surface area contributed by atoms with Crippen molar-refractivity contribution in [3.05, 3.63) is 18.2 Å². The molecule has 0 aliphatic heterocycles. The number of ether oxygens (including phenoxy) is 2. The third kappa shape index (κ3) is 7.00. The van der Waals surface area contributed by atoms with Crippen molar-refractivity contribution < 1.29 is 27.5 Å². The molecule has 0 saturated heterocycles. The van der Waals surface area contributed by atoms with Crippen molar-refractivity contribution in [3.63, 3.8) is 0 Å². The van der Waals surface area contributed by atoms with Gasteiger partial charge in [0, 0.05) is 32.5 Å². The molecular formula is C16H24N2O6S. The molecule has 2 amide bonds. The summed E-state index contributed by atoms with van der Waals surface area (Å²) in [7, 11) is -0.733. The van der Waals surface area contributed by atoms with Crippen molar-refractivity contribution in [3.8, 4) is 11.5 Å². The molecule has 1 aromatic rings. The van der Waals surface area contributed by atoms with Crippen LogP contribution in [0, 0.1) is 0 Å². The Kier molecular flexibility index (Phi) is 8.20. The Morgan fingerprint density at radius 1 is 1.04 bits per heavy atom. The predicted molar refractivity (Wildman–Crippen MR) is 92.5 cm³/mol. The number of methoxy groups -OCH3 is 2. The van der Waals surface area contributed by atoms with Crippen molar-refractivity contribution in [1.82, 2.24) is 10.6 Å². The van der Waals surface area contributed by atoms with Gasteiger partial charge in [-0.2, -0.15) is 0 Å². The highest BCUT2D eigenvalue weighted by molar-refractivity contribution is 7.91. The van der Waals surface area contributed by atoms with Crippen LogP contribution in [-0.4, -0.2) is 53.3 Å². The first-order chi connectivity index (χ1) is 11.8. The third-order valence-corrected chi connectivity index (χ3v) is 5.08. The molecule has 0 spiro atoms. The molecule has 0 heterocycles. The molecule has 0 aromatic heterocycles. The molecule has 8 nitrogen and oxygen atoms in total. The van der Waals surface area contributed by atoms with Crippen LogP contribution in [0.5, 0.6) is 11.5 Å². The fourth-order valence-corrected chi connectivity index (χ4v) is 3.28. The quantitative estimate of drug-likeness (QED) is 0.579. The van der Waals surface area contributed by atoms with Crippen molar-refractivity contribution in [2.75, 3.05) is 33.1 Å². The SMILES string of the molecule is COc1ccc(S(=O)(=O)CCC(=O)NCCCNC(C)=O)cc1OC. The second-order valence-electron chi connectivity index (χ2n) is 5.27. The monoisotopic (exact) mass is 372 g/mol. The molecule has 1 aromatic carbocycles. The number of nitrogens with one attached hydrogen (secondary N) is 2. The zero-order valence-corrected chi connectivity index (χ0v) is 15.4. The van der Waals surface area contributed by atoms with Gasteiger partial charge in [0.05, 0.1) is 24.9 Å². The molecule has 140 valence electrons. The average Bonchev–Trinajstić information content (AvgIpc) is 2.58. The van der Waals surface area contributed by atoms with E-state index in [1.165, 1.54) is 39.3 Å². The number of hydrogen-bond donors (Lipinski definition) is 2. The molecule has 0 fully saturated rings. The van der Waals surface area contributed by atoms with E-state index in [2.05, 4.69) is 10.6 Å². The van der Waals surface area contributed by atoms with Crippen LogP contribution in [0.2, 0.25) is 0 Å². The Bertz CT molecular complexity index is 703. The lowest BCUT2D eigenvalue weighted by Crippen LogP contribution is -2.29. The van der Waals surface area contributed by atoms with Crippen LogP contribution < -0.4 is 20.1 Å². The Morgan fingerprint density at radius 2 is 1.68 bits per heavy atom. The van der Waals surface area contributed by atoms with Gasteiger partial charge < -0.3 is 20.1 Å². The molecule has 0 bridgehead atoms. The average molecular weight is 372 g/mol. The maximum Gasteiger partial charge on any atom is 0.221 e. The first kappa shape index (κ1) is 20.8. The normalized spacial score (nSPS) is 10.8. The van der Waals surface area contributed by atoms with Gasteiger partial charge in [-0.25, -0.2) is 8.42 Å². The summed E-state index contributed by atoms with van der Waals surface area (Å²) in [6.07, 6.45) is 0.435. The van der Waals surface area contributed by atoms with Crippen molar-refractivity contribution in [2.24, 2.45) is 0 Å². The number of benzene rings is 1. The fraction of sp³-hybridized carbons (Fsp3) is 0.500. The third-order valence-electron chi connectivity index (χ3n) is 3.36. The Labute approximate surface area is 147 Å². The van der Waals surface area contributed by atoms with Crippen molar-refractivity contribution in [2.45, 2.75) is 24.7 Å². The zero-order chi connectivity index (χ0) is 18.9. The highest BCUT2D eigenvalue weighted by Gasteiger charge is 2.18. The van der Waals surface area contributed by atoms with Crippen LogP contribution >= 0.6 is 0 Å². The highest BCUT2D eigenvalue weighted by atomic mass is 32.2. The van der Waals surface area contributed by atoms with Gasteiger partial charge in [-0.3, -0.25) is 9.59 Å². The van der Waals surface area contributed by atoms with Gasteiger partial charge in [-0.05, 0) is 18.6 Å². The summed E-state index contributed by atoms with van der Waals surface area (Å²) in [5, 5.41) is 5.23. The van der Waals surface area contributed by atoms with E-state index in [9.17, 15) is 18.0 Å². The van der Waals surface area contributed by atoms with Gasteiger partial charge in [0.1, 0.15) is 0 Å². The molecule has 0 atom stereocenters. The minimum Gasteiger partial charge on any atom is -0.493 e. The van der Waals surface area contributed by atoms with Crippen molar-refractivity contribution >= 4 is 21.7 Å². The van der Waals surface area contributed by atoms with E-state index in [0.717, 1.165) is 0 Å². The Morgan fingerprint density at radius 3 is 2.28 bits per heavy atom. The van der Waals surface area contributed by atoms with Gasteiger partial charge in [0.15, 0.2) is 21.3 Å². The van der Waals surface area contributed by atoms with E-state index >= 15 is 0 Å². The molecule has 25 heavy (non-hydrogen) atoms. The molecule has 0 aliphatic carbocycles. The van der Waals surface area contributed by atoms with Gasteiger partial charge in [-0.1, -0.05) is 0 Å². The van der Waals surface area contributed by atoms with Crippen LogP contribution in [0.25, 0.3) is 0 Å². The van der Waals surface area contributed by atoms with E-state index in [1.54, 1.807) is 0 Å². The lowest BCUT2D eigenvalue weighted by Gasteiger charge is -2.10. The number of sulfone groups is 1. The van der Waals surface area contributed by atoms with Gasteiger partial charge >= 0.3 is 0 Å². The molecule has 1 rings (SSSR count). The molecule has 9 heteroatoms. The van der Waals surface area contributed by atoms with E-state index in [-0.39, 0.29) is 28.9 Å². The highest BCUT2D eigenvalue weighted by Crippen LogP contribution is 2.29. The van der Waals surface area contributed by atoms with Crippen LogP contribution in [-0.2, 0) is 19.4 Å². The van der Waals surface area contributed by atoms with E-state index in [4.69, 9.17) is 9.47 Å². The first-order valence-electron chi connectivity index (χ1n) is 7.76. The molecule has 2 N–H and O–H groups in total. The number of hydrogen-bond acceptors (Lipinski definition) is 6. The summed E-state index contributed by atoms with van der Waals surface area (Å²) in [5.74, 6) is -0.0522. The molecular weight excluding hydrogens is 348 g/mol. The summed E-state index contributed by atoms with van der Waals surface area (Å²) in [4.78, 5) is 22.5. The topological polar surface area (TPSA) is 111 Å². The summed E-state index contributed by atoms with van der Waals surface area (Å²) in [6.45, 7) is 2.24. The van der Waals surface area contributed by atoms with Gasteiger partial charge in [0.25, 0.3) is 0 Å².